The Morgan fingerprint density at radius 1 is 1.19 bits per heavy atom. The van der Waals surface area contributed by atoms with Crippen molar-refractivity contribution in [3.63, 3.8) is 0 Å². The number of aromatic nitrogens is 4. The standard InChI is InChI=1S/C22H30N6O2S/c1-4-16-9-7-8-12-26(16)20(30)14-31-22-25-24-21-27(13-19(29)23-15(2)3)17-10-5-6-11-18(17)28(21)22/h5-6,10-11,15-16H,4,7-9,12-14H2,1-3H3,(H,23,29)/t16-/m0/s1. The van der Waals surface area contributed by atoms with E-state index in [1.807, 2.05) is 52.0 Å². The number of hydrogen-bond donors (Lipinski definition) is 1. The van der Waals surface area contributed by atoms with E-state index in [4.69, 9.17) is 0 Å². The van der Waals surface area contributed by atoms with E-state index in [0.29, 0.717) is 22.7 Å². The van der Waals surface area contributed by atoms with E-state index in [1.165, 1.54) is 18.2 Å². The number of carbonyl (C=O) groups is 2. The minimum atomic E-state index is -0.0682. The molecule has 166 valence electrons. The Labute approximate surface area is 186 Å². The van der Waals surface area contributed by atoms with Crippen LogP contribution < -0.4 is 5.32 Å². The van der Waals surface area contributed by atoms with Crippen LogP contribution in [0.3, 0.4) is 0 Å². The highest BCUT2D eigenvalue weighted by Crippen LogP contribution is 2.27. The molecule has 0 unspecified atom stereocenters. The number of imidazole rings is 1. The first-order valence-corrected chi connectivity index (χ1v) is 12.0. The number of thioether (sulfide) groups is 1. The molecule has 0 saturated carbocycles. The smallest absolute Gasteiger partial charge is 0.240 e. The first kappa shape index (κ1) is 21.7. The molecule has 9 heteroatoms. The molecule has 1 atom stereocenters. The maximum absolute atomic E-state index is 12.9. The van der Waals surface area contributed by atoms with E-state index in [1.54, 1.807) is 0 Å². The van der Waals surface area contributed by atoms with Crippen molar-refractivity contribution in [2.45, 2.75) is 70.2 Å². The largest absolute Gasteiger partial charge is 0.352 e. The average molecular weight is 443 g/mol. The molecule has 1 N–H and O–H groups in total. The van der Waals surface area contributed by atoms with Crippen LogP contribution in [0.4, 0.5) is 0 Å². The summed E-state index contributed by atoms with van der Waals surface area (Å²) in [5, 5.41) is 12.3. The lowest BCUT2D eigenvalue weighted by Gasteiger charge is -2.35. The van der Waals surface area contributed by atoms with Gasteiger partial charge in [-0.15, -0.1) is 10.2 Å². The highest BCUT2D eigenvalue weighted by Gasteiger charge is 2.26. The summed E-state index contributed by atoms with van der Waals surface area (Å²) in [6.07, 6.45) is 4.36. The quantitative estimate of drug-likeness (QED) is 0.569. The van der Waals surface area contributed by atoms with Crippen molar-refractivity contribution in [1.82, 2.24) is 29.4 Å². The van der Waals surface area contributed by atoms with Gasteiger partial charge in [0.1, 0.15) is 6.54 Å². The van der Waals surface area contributed by atoms with E-state index in [2.05, 4.69) is 22.4 Å². The van der Waals surface area contributed by atoms with Crippen LogP contribution in [-0.4, -0.2) is 60.3 Å². The van der Waals surface area contributed by atoms with Crippen LogP contribution in [0.2, 0.25) is 0 Å². The Balaban J connectivity index is 1.59. The number of nitrogens with zero attached hydrogens (tertiary/aromatic N) is 5. The van der Waals surface area contributed by atoms with Crippen molar-refractivity contribution in [2.24, 2.45) is 0 Å². The molecular weight excluding hydrogens is 412 g/mol. The highest BCUT2D eigenvalue weighted by atomic mass is 32.2. The number of carbonyl (C=O) groups excluding carboxylic acids is 2. The zero-order valence-corrected chi connectivity index (χ0v) is 19.2. The average Bonchev–Trinajstić information content (AvgIpc) is 3.31. The van der Waals surface area contributed by atoms with E-state index >= 15 is 0 Å². The summed E-state index contributed by atoms with van der Waals surface area (Å²) in [5.41, 5.74) is 1.85. The Kier molecular flexibility index (Phi) is 6.50. The Hall–Kier alpha value is -2.55. The molecule has 3 aromatic rings. The van der Waals surface area contributed by atoms with Gasteiger partial charge in [-0.3, -0.25) is 18.6 Å². The summed E-state index contributed by atoms with van der Waals surface area (Å²) in [5.74, 6) is 1.04. The maximum Gasteiger partial charge on any atom is 0.240 e. The molecule has 0 bridgehead atoms. The summed E-state index contributed by atoms with van der Waals surface area (Å²) in [7, 11) is 0. The number of para-hydroxylation sites is 2. The summed E-state index contributed by atoms with van der Waals surface area (Å²) in [4.78, 5) is 27.4. The highest BCUT2D eigenvalue weighted by molar-refractivity contribution is 7.99. The lowest BCUT2D eigenvalue weighted by atomic mass is 10.0. The maximum atomic E-state index is 12.9. The molecule has 3 heterocycles. The van der Waals surface area contributed by atoms with Crippen molar-refractivity contribution < 1.29 is 9.59 Å². The summed E-state index contributed by atoms with van der Waals surface area (Å²) >= 11 is 1.41. The third-order valence-corrected chi connectivity index (χ3v) is 6.68. The van der Waals surface area contributed by atoms with E-state index < -0.39 is 0 Å². The molecule has 1 aromatic carbocycles. The summed E-state index contributed by atoms with van der Waals surface area (Å²) < 4.78 is 3.83. The monoisotopic (exact) mass is 442 g/mol. The molecule has 1 fully saturated rings. The molecule has 0 aliphatic carbocycles. The third-order valence-electron chi connectivity index (χ3n) is 5.77. The zero-order chi connectivity index (χ0) is 22.0. The van der Waals surface area contributed by atoms with Gasteiger partial charge >= 0.3 is 0 Å². The topological polar surface area (TPSA) is 84.5 Å². The number of rotatable bonds is 7. The van der Waals surface area contributed by atoms with Gasteiger partial charge in [0.05, 0.1) is 16.8 Å². The van der Waals surface area contributed by atoms with Gasteiger partial charge in [0, 0.05) is 18.6 Å². The minimum absolute atomic E-state index is 0.0682. The van der Waals surface area contributed by atoms with Gasteiger partial charge in [0.25, 0.3) is 0 Å². The Morgan fingerprint density at radius 2 is 1.97 bits per heavy atom. The summed E-state index contributed by atoms with van der Waals surface area (Å²) in [6, 6.07) is 8.30. The van der Waals surface area contributed by atoms with Crippen LogP contribution in [0.1, 0.15) is 46.5 Å². The van der Waals surface area contributed by atoms with Crippen LogP contribution in [0.15, 0.2) is 29.4 Å². The van der Waals surface area contributed by atoms with E-state index in [0.717, 1.165) is 36.8 Å². The molecule has 0 spiro atoms. The number of nitrogens with one attached hydrogen (secondary N) is 1. The molecule has 2 amide bonds. The molecule has 1 aliphatic rings. The van der Waals surface area contributed by atoms with Crippen molar-refractivity contribution in [2.75, 3.05) is 12.3 Å². The fraction of sp³-hybridized carbons (Fsp3) is 0.545. The molecule has 31 heavy (non-hydrogen) atoms. The summed E-state index contributed by atoms with van der Waals surface area (Å²) in [6.45, 7) is 7.04. The molecule has 4 rings (SSSR count). The van der Waals surface area contributed by atoms with Crippen LogP contribution in [0.25, 0.3) is 16.8 Å². The molecule has 1 aliphatic heterocycles. The zero-order valence-electron chi connectivity index (χ0n) is 18.4. The number of amides is 2. The number of piperidine rings is 1. The molecule has 0 radical (unpaired) electrons. The van der Waals surface area contributed by atoms with Crippen LogP contribution >= 0.6 is 11.8 Å². The van der Waals surface area contributed by atoms with Gasteiger partial charge in [0.15, 0.2) is 5.16 Å². The van der Waals surface area contributed by atoms with Crippen molar-refractivity contribution >= 4 is 40.4 Å². The Bertz CT molecular complexity index is 1090. The minimum Gasteiger partial charge on any atom is -0.352 e. The molecule has 8 nitrogen and oxygen atoms in total. The second kappa shape index (κ2) is 9.30. The van der Waals surface area contributed by atoms with Crippen molar-refractivity contribution in [1.29, 1.82) is 0 Å². The van der Waals surface area contributed by atoms with Crippen LogP contribution in [-0.2, 0) is 16.1 Å². The first-order chi connectivity index (χ1) is 15.0. The lowest BCUT2D eigenvalue weighted by Crippen LogP contribution is -2.44. The molecular formula is C22H30N6O2S. The van der Waals surface area contributed by atoms with Gasteiger partial charge < -0.3 is 10.2 Å². The van der Waals surface area contributed by atoms with Gasteiger partial charge in [-0.2, -0.15) is 0 Å². The predicted molar refractivity (Wildman–Crippen MR) is 122 cm³/mol. The number of benzene rings is 1. The second-order valence-electron chi connectivity index (χ2n) is 8.35. The lowest BCUT2D eigenvalue weighted by molar-refractivity contribution is -0.132. The van der Waals surface area contributed by atoms with Gasteiger partial charge in [0.2, 0.25) is 17.6 Å². The van der Waals surface area contributed by atoms with Crippen molar-refractivity contribution in [3.05, 3.63) is 24.3 Å². The molecule has 2 aromatic heterocycles. The predicted octanol–water partition coefficient (Wildman–Crippen LogP) is 3.09. The van der Waals surface area contributed by atoms with Gasteiger partial charge in [-0.25, -0.2) is 0 Å². The van der Waals surface area contributed by atoms with Crippen molar-refractivity contribution in [3.8, 4) is 0 Å². The second-order valence-corrected chi connectivity index (χ2v) is 9.29. The van der Waals surface area contributed by atoms with Gasteiger partial charge in [-0.1, -0.05) is 30.8 Å². The first-order valence-electron chi connectivity index (χ1n) is 11.0. The van der Waals surface area contributed by atoms with Gasteiger partial charge in [-0.05, 0) is 51.7 Å². The van der Waals surface area contributed by atoms with E-state index in [9.17, 15) is 9.59 Å². The fourth-order valence-corrected chi connectivity index (χ4v) is 5.19. The number of likely N-dealkylation sites (tertiary alicyclic amines) is 1. The van der Waals surface area contributed by atoms with E-state index in [-0.39, 0.29) is 24.4 Å². The van der Waals surface area contributed by atoms with Crippen LogP contribution in [0.5, 0.6) is 0 Å². The number of fused-ring (bicyclic) bond motifs is 3. The normalized spacial score (nSPS) is 17.0. The number of hydrogen-bond acceptors (Lipinski definition) is 5. The third kappa shape index (κ3) is 4.42. The Morgan fingerprint density at radius 3 is 2.71 bits per heavy atom. The SMILES string of the molecule is CC[C@H]1CCCCN1C(=O)CSc1nnc2n(CC(=O)NC(C)C)c3ccccc3n12. The van der Waals surface area contributed by atoms with Crippen LogP contribution in [0, 0.1) is 0 Å². The molecule has 1 saturated heterocycles. The fourth-order valence-electron chi connectivity index (χ4n) is 4.36.